The van der Waals surface area contributed by atoms with Crippen LogP contribution in [0, 0.1) is 0 Å². The highest BCUT2D eigenvalue weighted by Gasteiger charge is 2.52. The second-order valence-electron chi connectivity index (χ2n) is 11.9. The van der Waals surface area contributed by atoms with Crippen LogP contribution in [0.5, 0.6) is 0 Å². The quantitative estimate of drug-likeness (QED) is 0.480. The molecule has 1 fully saturated rings. The molecule has 30 heavy (non-hydrogen) atoms. The minimum Gasteiger partial charge on any atom is -0.410 e. The Morgan fingerprint density at radius 3 is 1.37 bits per heavy atom. The summed E-state index contributed by atoms with van der Waals surface area (Å²) in [6.07, 6.45) is -2.10. The molecule has 7 nitrogen and oxygen atoms in total. The first-order chi connectivity index (χ1) is 13.2. The highest BCUT2D eigenvalue weighted by molar-refractivity contribution is 6.71. The maximum Gasteiger partial charge on any atom is 0.217 e. The van der Waals surface area contributed by atoms with Crippen LogP contribution in [0.2, 0.25) is 78.6 Å². The summed E-state index contributed by atoms with van der Waals surface area (Å²) in [5.74, 6) is -0.145. The average molecular weight is 496 g/mol. The Bertz CT molecular complexity index is 580. The van der Waals surface area contributed by atoms with E-state index in [0.29, 0.717) is 0 Å². The number of carbonyl (C=O) groups excluding carboxylic acids is 1. The summed E-state index contributed by atoms with van der Waals surface area (Å²) >= 11 is 0. The largest absolute Gasteiger partial charge is 0.410 e. The maximum absolute atomic E-state index is 12.1. The third-order valence-corrected chi connectivity index (χ3v) is 7.63. The summed E-state index contributed by atoms with van der Waals surface area (Å²) < 4.78 is 32.5. The van der Waals surface area contributed by atoms with Gasteiger partial charge in [0.25, 0.3) is 0 Å². The molecule has 5 atom stereocenters. The number of hydrogen-bond donors (Lipinski definition) is 1. The Hall–Kier alpha value is 0.138. The van der Waals surface area contributed by atoms with E-state index in [9.17, 15) is 4.79 Å². The lowest BCUT2D eigenvalue weighted by Crippen LogP contribution is -2.69. The van der Waals surface area contributed by atoms with Gasteiger partial charge in [-0.3, -0.25) is 4.79 Å². The fourth-order valence-electron chi connectivity index (χ4n) is 3.17. The molecule has 1 N–H and O–H groups in total. The predicted octanol–water partition coefficient (Wildman–Crippen LogP) is 4.32. The Morgan fingerprint density at radius 2 is 1.00 bits per heavy atom. The van der Waals surface area contributed by atoms with Gasteiger partial charge in [0.2, 0.25) is 5.91 Å². The van der Waals surface area contributed by atoms with E-state index in [2.05, 4.69) is 83.9 Å². The van der Waals surface area contributed by atoms with Crippen LogP contribution in [-0.2, 0) is 27.2 Å². The minimum atomic E-state index is -1.99. The van der Waals surface area contributed by atoms with Gasteiger partial charge in [-0.1, -0.05) is 0 Å². The SMILES string of the molecule is CC(=O)N[C@H]1[C@@H](O[Si](C)(C)C)O[C@H](O[Si](C)(C)C)[C@@H](O[Si](C)(C)C)[C@@H]1O[Si](C)(C)C. The number of rotatable bonds is 9. The zero-order valence-electron chi connectivity index (χ0n) is 21.3. The minimum absolute atomic E-state index is 0.145. The van der Waals surface area contributed by atoms with Crippen LogP contribution in [0.1, 0.15) is 6.92 Å². The van der Waals surface area contributed by atoms with Gasteiger partial charge in [-0.05, 0) is 78.6 Å². The van der Waals surface area contributed by atoms with Crippen molar-refractivity contribution in [2.75, 3.05) is 0 Å². The van der Waals surface area contributed by atoms with Crippen molar-refractivity contribution in [2.45, 2.75) is 116 Å². The molecule has 1 rings (SSSR count). The van der Waals surface area contributed by atoms with E-state index >= 15 is 0 Å². The first-order valence-electron chi connectivity index (χ1n) is 10.8. The van der Waals surface area contributed by atoms with Gasteiger partial charge < -0.3 is 27.8 Å². The zero-order chi connectivity index (χ0) is 23.7. The van der Waals surface area contributed by atoms with Crippen molar-refractivity contribution in [3.8, 4) is 0 Å². The van der Waals surface area contributed by atoms with E-state index in [4.69, 9.17) is 22.4 Å². The fourth-order valence-corrected chi connectivity index (χ4v) is 7.11. The molecule has 178 valence electrons. The van der Waals surface area contributed by atoms with Crippen molar-refractivity contribution in [2.24, 2.45) is 0 Å². The van der Waals surface area contributed by atoms with Gasteiger partial charge in [-0.2, -0.15) is 0 Å². The number of carbonyl (C=O) groups is 1. The lowest BCUT2D eigenvalue weighted by Gasteiger charge is -2.51. The van der Waals surface area contributed by atoms with Crippen molar-refractivity contribution in [1.82, 2.24) is 5.32 Å². The van der Waals surface area contributed by atoms with Gasteiger partial charge in [0.15, 0.2) is 45.8 Å². The van der Waals surface area contributed by atoms with E-state index in [1.165, 1.54) is 6.92 Å². The predicted molar refractivity (Wildman–Crippen MR) is 132 cm³/mol. The van der Waals surface area contributed by atoms with Crippen molar-refractivity contribution < 1.29 is 27.2 Å². The van der Waals surface area contributed by atoms with E-state index in [-0.39, 0.29) is 5.91 Å². The zero-order valence-corrected chi connectivity index (χ0v) is 25.3. The van der Waals surface area contributed by atoms with Crippen LogP contribution in [-0.4, -0.2) is 70.0 Å². The molecule has 11 heteroatoms. The molecule has 0 radical (unpaired) electrons. The third-order valence-electron chi connectivity index (χ3n) is 3.80. The molecular formula is C19H45NO6Si4. The molecule has 0 aromatic rings. The Labute approximate surface area is 188 Å². The highest BCUT2D eigenvalue weighted by Crippen LogP contribution is 2.33. The van der Waals surface area contributed by atoms with Gasteiger partial charge in [-0.25, -0.2) is 0 Å². The normalized spacial score (nSPS) is 29.0. The maximum atomic E-state index is 12.1. The molecule has 0 bridgehead atoms. The van der Waals surface area contributed by atoms with Gasteiger partial charge in [0, 0.05) is 6.92 Å². The topological polar surface area (TPSA) is 75.3 Å². The van der Waals surface area contributed by atoms with Crippen molar-refractivity contribution in [3.05, 3.63) is 0 Å². The van der Waals surface area contributed by atoms with Crippen LogP contribution in [0.25, 0.3) is 0 Å². The molecule has 1 heterocycles. The second kappa shape index (κ2) is 9.96. The molecule has 1 saturated heterocycles. The molecule has 0 unspecified atom stereocenters. The van der Waals surface area contributed by atoms with E-state index in [1.54, 1.807) is 0 Å². The standard InChI is InChI=1S/C19H45NO6Si4/c1-14(21)20-15-16(23-27(2,3)4)17(24-28(5,6)7)19(26-30(11,12)13)22-18(15)25-29(8,9)10/h15-19H,1-13H3,(H,20,21)/t15-,16-,17+,18-,19-/m1/s1. The lowest BCUT2D eigenvalue weighted by molar-refractivity contribution is -0.285. The second-order valence-corrected chi connectivity index (χ2v) is 29.8. The molecule has 0 aromatic carbocycles. The molecule has 1 aliphatic rings. The summed E-state index contributed by atoms with van der Waals surface area (Å²) in [6, 6.07) is -0.469. The summed E-state index contributed by atoms with van der Waals surface area (Å²) in [5, 5.41) is 3.05. The van der Waals surface area contributed by atoms with E-state index < -0.39 is 64.1 Å². The molecule has 0 aromatic heterocycles. The van der Waals surface area contributed by atoms with Gasteiger partial charge >= 0.3 is 0 Å². The van der Waals surface area contributed by atoms with Gasteiger partial charge in [0.1, 0.15) is 12.1 Å². The summed E-state index contributed by atoms with van der Waals surface area (Å²) in [5.41, 5.74) is 0. The van der Waals surface area contributed by atoms with Crippen LogP contribution < -0.4 is 5.32 Å². The first-order valence-corrected chi connectivity index (χ1v) is 24.4. The molecule has 1 aliphatic heterocycles. The average Bonchev–Trinajstić information content (AvgIpc) is 2.40. The highest BCUT2D eigenvalue weighted by atomic mass is 28.4. The third kappa shape index (κ3) is 10.6. The Morgan fingerprint density at radius 1 is 0.633 bits per heavy atom. The summed E-state index contributed by atoms with van der Waals surface area (Å²) in [4.78, 5) is 12.1. The number of nitrogens with one attached hydrogen (secondary N) is 1. The first kappa shape index (κ1) is 28.2. The molecule has 0 spiro atoms. The number of amides is 1. The number of hydrogen-bond acceptors (Lipinski definition) is 6. The van der Waals surface area contributed by atoms with Crippen LogP contribution in [0.3, 0.4) is 0 Å². The van der Waals surface area contributed by atoms with E-state index in [1.807, 2.05) is 0 Å². The van der Waals surface area contributed by atoms with Gasteiger partial charge in [0.05, 0.1) is 6.10 Å². The fraction of sp³-hybridized carbons (Fsp3) is 0.947. The van der Waals surface area contributed by atoms with Crippen LogP contribution in [0.4, 0.5) is 0 Å². The van der Waals surface area contributed by atoms with Crippen molar-refractivity contribution in [1.29, 1.82) is 0 Å². The Balaban J connectivity index is 3.49. The molecular weight excluding hydrogens is 451 g/mol. The monoisotopic (exact) mass is 495 g/mol. The molecule has 0 saturated carbocycles. The Kier molecular flexibility index (Phi) is 9.35. The van der Waals surface area contributed by atoms with Gasteiger partial charge in [-0.15, -0.1) is 0 Å². The summed E-state index contributed by atoms with van der Waals surface area (Å²) in [7, 11) is -7.90. The van der Waals surface area contributed by atoms with Crippen LogP contribution in [0.15, 0.2) is 0 Å². The lowest BCUT2D eigenvalue weighted by atomic mass is 10.0. The van der Waals surface area contributed by atoms with Crippen LogP contribution >= 0.6 is 0 Å². The summed E-state index contributed by atoms with van der Waals surface area (Å²) in [6.45, 7) is 27.1. The van der Waals surface area contributed by atoms with E-state index in [0.717, 1.165) is 0 Å². The smallest absolute Gasteiger partial charge is 0.217 e. The van der Waals surface area contributed by atoms with Crippen molar-refractivity contribution in [3.63, 3.8) is 0 Å². The van der Waals surface area contributed by atoms with Crippen molar-refractivity contribution >= 4 is 39.2 Å². The molecule has 0 aliphatic carbocycles. The number of ether oxygens (including phenoxy) is 1. The molecule has 1 amide bonds.